The second-order valence-electron chi connectivity index (χ2n) is 5.27. The van der Waals surface area contributed by atoms with Gasteiger partial charge in [-0.05, 0) is 23.8 Å². The molecule has 1 aliphatic rings. The van der Waals surface area contributed by atoms with Gasteiger partial charge in [0, 0.05) is 30.2 Å². The summed E-state index contributed by atoms with van der Waals surface area (Å²) in [5.74, 6) is 0.506. The molecule has 2 aromatic rings. The van der Waals surface area contributed by atoms with Crippen LogP contribution in [-0.2, 0) is 9.47 Å². The van der Waals surface area contributed by atoms with Gasteiger partial charge in [-0.15, -0.1) is 12.4 Å². The highest BCUT2D eigenvalue weighted by atomic mass is 35.5. The molecule has 25 heavy (non-hydrogen) atoms. The summed E-state index contributed by atoms with van der Waals surface area (Å²) in [5.41, 5.74) is 1.89. The molecule has 1 aliphatic heterocycles. The summed E-state index contributed by atoms with van der Waals surface area (Å²) in [5, 5.41) is 2.55. The Labute approximate surface area is 150 Å². The summed E-state index contributed by atoms with van der Waals surface area (Å²) < 4.78 is 9.46. The minimum absolute atomic E-state index is 0. The Morgan fingerprint density at radius 1 is 1.28 bits per heavy atom. The molecule has 9 heteroatoms. The van der Waals surface area contributed by atoms with Crippen LogP contribution in [0.5, 0.6) is 0 Å². The number of nitrogens with one attached hydrogen (secondary N) is 1. The first-order chi connectivity index (χ1) is 11.7. The van der Waals surface area contributed by atoms with Crippen LogP contribution in [-0.4, -0.2) is 49.1 Å². The molecule has 0 bridgehead atoms. The van der Waals surface area contributed by atoms with E-state index < -0.39 is 12.2 Å². The summed E-state index contributed by atoms with van der Waals surface area (Å²) in [6.07, 6.45) is 4.04. The Kier molecular flexibility index (Phi) is 5.89. The maximum atomic E-state index is 12.3. The lowest BCUT2D eigenvalue weighted by Gasteiger charge is -2.26. The summed E-state index contributed by atoms with van der Waals surface area (Å²) in [7, 11) is 1.27. The molecule has 1 fully saturated rings. The van der Waals surface area contributed by atoms with Crippen LogP contribution in [0.2, 0.25) is 0 Å². The smallest absolute Gasteiger partial charge is 0.453 e. The van der Waals surface area contributed by atoms with E-state index in [1.807, 2.05) is 18.2 Å². The van der Waals surface area contributed by atoms with Gasteiger partial charge in [-0.3, -0.25) is 10.3 Å². The van der Waals surface area contributed by atoms with Gasteiger partial charge in [-0.2, -0.15) is 9.28 Å². The summed E-state index contributed by atoms with van der Waals surface area (Å²) in [4.78, 5) is 32.0. The number of amides is 2. The van der Waals surface area contributed by atoms with E-state index in [0.29, 0.717) is 12.4 Å². The van der Waals surface area contributed by atoms with Gasteiger partial charge in [0.2, 0.25) is 5.82 Å². The fourth-order valence-electron chi connectivity index (χ4n) is 2.56. The van der Waals surface area contributed by atoms with Gasteiger partial charge in [0.05, 0.1) is 7.11 Å². The van der Waals surface area contributed by atoms with Crippen LogP contribution in [0.1, 0.15) is 0 Å². The number of hydrogen-bond acceptors (Lipinski definition) is 6. The summed E-state index contributed by atoms with van der Waals surface area (Å²) >= 11 is 0. The van der Waals surface area contributed by atoms with Crippen molar-refractivity contribution in [2.45, 2.75) is 0 Å². The average molecular weight is 366 g/mol. The van der Waals surface area contributed by atoms with Crippen molar-refractivity contribution in [3.05, 3.63) is 42.9 Å². The number of aromatic nitrogens is 2. The van der Waals surface area contributed by atoms with Crippen LogP contribution in [0.3, 0.4) is 0 Å². The molecule has 8 nitrogen and oxygen atoms in total. The Balaban J connectivity index is 0.00000225. The first kappa shape index (κ1) is 18.6. The van der Waals surface area contributed by atoms with Crippen LogP contribution in [0.15, 0.2) is 42.9 Å². The number of carbonyl (C=O) groups is 2. The second-order valence-corrected chi connectivity index (χ2v) is 5.27. The summed E-state index contributed by atoms with van der Waals surface area (Å²) in [6.45, 7) is 0.688. The predicted octanol–water partition coefficient (Wildman–Crippen LogP) is 2.34. The molecule has 1 atom stereocenters. The SMILES string of the molecule is COC(=O)NC[N+]1(c2ccc(-c3ccncc3)cn2)CCOC1=O.Cl. The van der Waals surface area contributed by atoms with Gasteiger partial charge in [0.1, 0.15) is 13.2 Å². The topological polar surface area (TPSA) is 90.4 Å². The lowest BCUT2D eigenvalue weighted by Crippen LogP contribution is -2.56. The number of halogens is 1. The second kappa shape index (κ2) is 7.91. The first-order valence-corrected chi connectivity index (χ1v) is 7.39. The third-order valence-corrected chi connectivity index (χ3v) is 3.93. The minimum atomic E-state index is -0.611. The van der Waals surface area contributed by atoms with Gasteiger partial charge in [-0.25, -0.2) is 9.78 Å². The Hall–Kier alpha value is -2.71. The number of ether oxygens (including phenoxy) is 2. The maximum absolute atomic E-state index is 12.3. The molecule has 2 aromatic heterocycles. The molecule has 1 N–H and O–H groups in total. The third-order valence-electron chi connectivity index (χ3n) is 3.93. The van der Waals surface area contributed by atoms with E-state index >= 15 is 0 Å². The standard InChI is InChI=1S/C16H16N4O4.ClH/c1-23-15(21)19-11-20(8-9-24-16(20)22)14-3-2-13(10-18-14)12-4-6-17-7-5-12;/h2-7,10H,8-9,11H2,1H3;1H/p+1. The van der Waals surface area contributed by atoms with Crippen LogP contribution >= 0.6 is 12.4 Å². The van der Waals surface area contributed by atoms with Crippen molar-refractivity contribution >= 4 is 30.4 Å². The number of rotatable bonds is 4. The van der Waals surface area contributed by atoms with Gasteiger partial charge >= 0.3 is 12.2 Å². The van der Waals surface area contributed by atoms with Crippen molar-refractivity contribution < 1.29 is 19.1 Å². The number of hydrogen-bond donors (Lipinski definition) is 1. The van der Waals surface area contributed by atoms with Crippen molar-refractivity contribution in [2.24, 2.45) is 0 Å². The third kappa shape index (κ3) is 3.70. The monoisotopic (exact) mass is 365 g/mol. The van der Waals surface area contributed by atoms with E-state index in [-0.39, 0.29) is 30.2 Å². The molecule has 0 saturated carbocycles. The molecule has 0 spiro atoms. The molecule has 0 aromatic carbocycles. The molecular formula is C16H18ClN4O4+. The van der Waals surface area contributed by atoms with E-state index in [2.05, 4.69) is 20.0 Å². The van der Waals surface area contributed by atoms with E-state index in [4.69, 9.17) is 4.74 Å². The van der Waals surface area contributed by atoms with Crippen LogP contribution in [0.4, 0.5) is 15.4 Å². The van der Waals surface area contributed by atoms with Crippen molar-refractivity contribution in [3.63, 3.8) is 0 Å². The number of alkyl carbamates (subject to hydrolysis) is 1. The Bertz CT molecular complexity index is 742. The quantitative estimate of drug-likeness (QED) is 0.836. The fourth-order valence-corrected chi connectivity index (χ4v) is 2.56. The Morgan fingerprint density at radius 2 is 2.04 bits per heavy atom. The van der Waals surface area contributed by atoms with E-state index in [0.717, 1.165) is 11.1 Å². The normalized spacial score (nSPS) is 18.8. The molecule has 3 heterocycles. The average Bonchev–Trinajstić information content (AvgIpc) is 3.02. The van der Waals surface area contributed by atoms with Crippen LogP contribution < -0.4 is 9.80 Å². The zero-order valence-electron chi connectivity index (χ0n) is 13.5. The molecule has 3 rings (SSSR count). The predicted molar refractivity (Wildman–Crippen MR) is 93.1 cm³/mol. The highest BCUT2D eigenvalue weighted by molar-refractivity contribution is 5.85. The van der Waals surface area contributed by atoms with Gasteiger partial charge in [-0.1, -0.05) is 0 Å². The van der Waals surface area contributed by atoms with Crippen molar-refractivity contribution in [3.8, 4) is 11.1 Å². The van der Waals surface area contributed by atoms with Gasteiger partial charge in [0.25, 0.3) is 0 Å². The van der Waals surface area contributed by atoms with Crippen molar-refractivity contribution in [2.75, 3.05) is 26.9 Å². The number of quaternary nitrogens is 1. The van der Waals surface area contributed by atoms with Gasteiger partial charge < -0.3 is 9.47 Å². The molecule has 0 aliphatic carbocycles. The van der Waals surface area contributed by atoms with Crippen molar-refractivity contribution in [1.82, 2.24) is 19.8 Å². The number of cyclic esters (lactones) is 1. The number of nitrogens with zero attached hydrogens (tertiary/aromatic N) is 3. The Morgan fingerprint density at radius 3 is 2.60 bits per heavy atom. The number of pyridine rings is 2. The molecule has 0 radical (unpaired) electrons. The lowest BCUT2D eigenvalue weighted by molar-refractivity contribution is 0.149. The van der Waals surface area contributed by atoms with Crippen molar-refractivity contribution in [1.29, 1.82) is 0 Å². The van der Waals surface area contributed by atoms with E-state index in [9.17, 15) is 9.59 Å². The fraction of sp³-hybridized carbons (Fsp3) is 0.250. The molecule has 1 unspecified atom stereocenters. The minimum Gasteiger partial charge on any atom is -0.453 e. The lowest BCUT2D eigenvalue weighted by atomic mass is 10.1. The number of methoxy groups -OCH3 is 1. The highest BCUT2D eigenvalue weighted by Gasteiger charge is 2.48. The molecule has 132 valence electrons. The zero-order valence-corrected chi connectivity index (χ0v) is 14.4. The molecule has 2 amide bonds. The van der Waals surface area contributed by atoms with E-state index in [1.54, 1.807) is 24.7 Å². The van der Waals surface area contributed by atoms with E-state index in [1.165, 1.54) is 7.11 Å². The number of carbonyl (C=O) groups excluding carboxylic acids is 2. The summed E-state index contributed by atoms with van der Waals surface area (Å²) in [6, 6.07) is 7.40. The van der Waals surface area contributed by atoms with Gasteiger partial charge in [0.15, 0.2) is 6.67 Å². The zero-order chi connectivity index (χ0) is 17.0. The van der Waals surface area contributed by atoms with Crippen LogP contribution in [0.25, 0.3) is 11.1 Å². The highest BCUT2D eigenvalue weighted by Crippen LogP contribution is 2.27. The molecular weight excluding hydrogens is 348 g/mol. The largest absolute Gasteiger partial charge is 0.524 e. The first-order valence-electron chi connectivity index (χ1n) is 7.39. The van der Waals surface area contributed by atoms with Crippen LogP contribution in [0, 0.1) is 0 Å². The maximum Gasteiger partial charge on any atom is 0.524 e. The molecule has 1 saturated heterocycles.